The van der Waals surface area contributed by atoms with Gasteiger partial charge >= 0.3 is 0 Å². The average molecular weight is 962 g/mol. The van der Waals surface area contributed by atoms with Gasteiger partial charge in [0.25, 0.3) is 0 Å². The monoisotopic (exact) mass is 960 g/mol. The summed E-state index contributed by atoms with van der Waals surface area (Å²) in [5, 5.41) is 31.0. The second-order valence-electron chi connectivity index (χ2n) is 16.9. The second-order valence-corrected chi connectivity index (χ2v) is 17.5. The van der Waals surface area contributed by atoms with E-state index in [-0.39, 0.29) is 32.6 Å². The maximum Gasteiger partial charge on any atom is 0.144 e. The maximum absolute atomic E-state index is 10.0. The number of rotatable bonds is 13. The molecule has 0 unspecified atom stereocenters. The number of aliphatic imine (C=N–C) groups is 2. The SMILES string of the molecule is C.CC[C@H]1O[C@@H](n2ccc3c(N=CN(C)C)ccnc32)C[C@@H]1O.CN(C)C=Nc1ccnc2c1ccn2[C@H]1C[C@H](O)[C@@H](CO)O1.COc1ccc(C(Cl)(c2ccccc2)c2ccc(OC)cc2)cc1. The van der Waals surface area contributed by atoms with Gasteiger partial charge in [-0.15, -0.1) is 11.6 Å². The summed E-state index contributed by atoms with van der Waals surface area (Å²) in [5.41, 5.74) is 6.29. The van der Waals surface area contributed by atoms with Crippen LogP contribution in [-0.4, -0.2) is 130 Å². The van der Waals surface area contributed by atoms with Gasteiger partial charge in [-0.25, -0.2) is 20.0 Å². The molecule has 0 bridgehead atoms. The first-order chi connectivity index (χ1) is 32.9. The van der Waals surface area contributed by atoms with Gasteiger partial charge in [0.2, 0.25) is 0 Å². The first kappa shape index (κ1) is 52.0. The smallest absolute Gasteiger partial charge is 0.144 e. The van der Waals surface area contributed by atoms with E-state index in [0.29, 0.717) is 12.8 Å². The third-order valence-corrected chi connectivity index (χ3v) is 12.5. The molecule has 2 fully saturated rings. The van der Waals surface area contributed by atoms with Crippen molar-refractivity contribution in [1.82, 2.24) is 28.9 Å². The van der Waals surface area contributed by atoms with Crippen LogP contribution in [0.2, 0.25) is 0 Å². The minimum absolute atomic E-state index is 0. The van der Waals surface area contributed by atoms with Crippen molar-refractivity contribution in [1.29, 1.82) is 0 Å². The molecule has 2 saturated heterocycles. The molecular formula is C53H65ClN8O7. The molecule has 6 heterocycles. The number of hydrogen-bond donors (Lipinski definition) is 3. The molecular weight excluding hydrogens is 896 g/mol. The minimum Gasteiger partial charge on any atom is -0.497 e. The molecule has 0 spiro atoms. The van der Waals surface area contributed by atoms with Crippen LogP contribution in [0, 0.1) is 0 Å². The van der Waals surface area contributed by atoms with Gasteiger partial charge in [-0.1, -0.05) is 68.9 Å². The lowest BCUT2D eigenvalue weighted by Gasteiger charge is -2.29. The van der Waals surface area contributed by atoms with Gasteiger partial charge in [0.1, 0.15) is 46.2 Å². The van der Waals surface area contributed by atoms with Crippen molar-refractivity contribution in [2.75, 3.05) is 49.0 Å². The Balaban J connectivity index is 0.000000169. The molecule has 7 aromatic rings. The van der Waals surface area contributed by atoms with E-state index in [1.54, 1.807) is 39.3 Å². The number of nitrogens with zero attached hydrogens (tertiary/aromatic N) is 8. The third-order valence-electron chi connectivity index (χ3n) is 11.8. The number of halogens is 1. The summed E-state index contributed by atoms with van der Waals surface area (Å²) in [7, 11) is 11.0. The number of ether oxygens (including phenoxy) is 4. The van der Waals surface area contributed by atoms with Crippen LogP contribution in [0.3, 0.4) is 0 Å². The fourth-order valence-corrected chi connectivity index (χ4v) is 8.62. The van der Waals surface area contributed by atoms with Crippen LogP contribution in [0.25, 0.3) is 22.1 Å². The first-order valence-electron chi connectivity index (χ1n) is 22.5. The molecule has 9 rings (SSSR count). The molecule has 16 heteroatoms. The molecule has 2 aliphatic heterocycles. The Hall–Kier alpha value is -6.33. The van der Waals surface area contributed by atoms with E-state index in [9.17, 15) is 15.3 Å². The number of aliphatic hydroxyl groups is 3. The molecule has 0 saturated carbocycles. The van der Waals surface area contributed by atoms with Crippen LogP contribution in [-0.2, 0) is 14.3 Å². The zero-order chi connectivity index (χ0) is 48.4. The molecule has 0 amide bonds. The largest absolute Gasteiger partial charge is 0.497 e. The Morgan fingerprint density at radius 1 is 0.667 bits per heavy atom. The minimum atomic E-state index is -0.778. The predicted octanol–water partition coefficient (Wildman–Crippen LogP) is 9.09. The summed E-state index contributed by atoms with van der Waals surface area (Å²) in [4.78, 5) is 20.8. The number of methoxy groups -OCH3 is 2. The number of benzene rings is 3. The fraction of sp³-hybridized carbons (Fsp3) is 0.358. The molecule has 15 nitrogen and oxygen atoms in total. The second kappa shape index (κ2) is 23.8. The standard InChI is InChI=1S/C21H19ClO2.C16H22N4O2.C15H20N4O3.CH4/c1-23-19-12-8-17(9-13-19)21(22,16-6-4-3-5-7-16)18-10-14-20(24-2)15-11-18;1-4-14-13(21)9-15(22-14)20-8-6-11-12(18-10-19(2)3)5-7-17-16(11)20;1-18(2)9-17-11-3-5-16-15-10(11)4-6-19(15)14-7-12(21)13(8-20)22-14;/h3-15H,1-2H3;5-8,10,13-15,21H,4,9H2,1-3H3;3-6,9,12-14,20-21H,7-8H2,1-2H3;1H4/t;13-,14+,15+;12-,13+,14+;/m.00./s1. The predicted molar refractivity (Wildman–Crippen MR) is 274 cm³/mol. The number of aliphatic hydroxyl groups excluding tert-OH is 3. The molecule has 4 aromatic heterocycles. The van der Waals surface area contributed by atoms with Crippen LogP contribution >= 0.6 is 11.6 Å². The summed E-state index contributed by atoms with van der Waals surface area (Å²) >= 11 is 7.22. The highest BCUT2D eigenvalue weighted by atomic mass is 35.5. The Morgan fingerprint density at radius 2 is 1.09 bits per heavy atom. The van der Waals surface area contributed by atoms with E-state index in [2.05, 4.69) is 20.0 Å². The highest BCUT2D eigenvalue weighted by Crippen LogP contribution is 2.44. The normalized spacial score (nSPS) is 20.0. The lowest BCUT2D eigenvalue weighted by atomic mass is 9.84. The zero-order valence-corrected chi connectivity index (χ0v) is 40.3. The van der Waals surface area contributed by atoms with Gasteiger partial charge in [0, 0.05) is 76.6 Å². The van der Waals surface area contributed by atoms with Gasteiger partial charge in [0.15, 0.2) is 0 Å². The topological polar surface area (TPSA) is 164 Å². The van der Waals surface area contributed by atoms with E-state index in [1.165, 1.54) is 0 Å². The Bertz CT molecular complexity index is 2580. The number of pyridine rings is 2. The van der Waals surface area contributed by atoms with E-state index >= 15 is 0 Å². The van der Waals surface area contributed by atoms with Gasteiger partial charge in [0.05, 0.1) is 63.2 Å². The maximum atomic E-state index is 10.0. The molecule has 2 aliphatic rings. The number of aromatic nitrogens is 4. The summed E-state index contributed by atoms with van der Waals surface area (Å²) in [5.74, 6) is 1.61. The van der Waals surface area contributed by atoms with Gasteiger partial charge in [-0.05, 0) is 71.6 Å². The lowest BCUT2D eigenvalue weighted by molar-refractivity contribution is -0.0430. The van der Waals surface area contributed by atoms with Crippen molar-refractivity contribution < 1.29 is 34.3 Å². The van der Waals surface area contributed by atoms with Crippen molar-refractivity contribution in [2.45, 2.75) is 75.4 Å². The highest BCUT2D eigenvalue weighted by molar-refractivity contribution is 6.28. The summed E-state index contributed by atoms with van der Waals surface area (Å²) in [6.45, 7) is 1.83. The van der Waals surface area contributed by atoms with Crippen molar-refractivity contribution in [3.8, 4) is 11.5 Å². The van der Waals surface area contributed by atoms with Gasteiger partial charge in [-0.2, -0.15) is 0 Å². The van der Waals surface area contributed by atoms with E-state index in [1.807, 2.05) is 170 Å². The summed E-state index contributed by atoms with van der Waals surface area (Å²) < 4.78 is 26.0. The quantitative estimate of drug-likeness (QED) is 0.0437. The zero-order valence-electron chi connectivity index (χ0n) is 39.5. The lowest BCUT2D eigenvalue weighted by Crippen LogP contribution is -2.24. The Morgan fingerprint density at radius 3 is 1.46 bits per heavy atom. The van der Waals surface area contributed by atoms with E-state index in [4.69, 9.17) is 30.5 Å². The number of alkyl halides is 1. The molecule has 366 valence electrons. The van der Waals surface area contributed by atoms with E-state index in [0.717, 1.165) is 68.1 Å². The molecule has 0 aliphatic carbocycles. The van der Waals surface area contributed by atoms with Gasteiger partial charge < -0.3 is 53.2 Å². The van der Waals surface area contributed by atoms with Crippen LogP contribution in [0.4, 0.5) is 11.4 Å². The molecule has 3 aromatic carbocycles. The number of hydrogen-bond acceptors (Lipinski definition) is 11. The first-order valence-corrected chi connectivity index (χ1v) is 22.9. The summed E-state index contributed by atoms with van der Waals surface area (Å²) in [6.07, 6.45) is 10.4. The Labute approximate surface area is 409 Å². The van der Waals surface area contributed by atoms with Crippen LogP contribution in [0.1, 0.15) is 62.8 Å². The van der Waals surface area contributed by atoms with Crippen molar-refractivity contribution in [3.63, 3.8) is 0 Å². The third kappa shape index (κ3) is 11.9. The molecule has 0 radical (unpaired) electrons. The average Bonchev–Trinajstić information content (AvgIpc) is 4.18. The molecule has 6 atom stereocenters. The van der Waals surface area contributed by atoms with Crippen LogP contribution in [0.15, 0.2) is 138 Å². The highest BCUT2D eigenvalue weighted by Gasteiger charge is 2.36. The molecule has 69 heavy (non-hydrogen) atoms. The fourth-order valence-electron chi connectivity index (χ4n) is 8.25. The van der Waals surface area contributed by atoms with Crippen molar-refractivity contribution in [3.05, 3.63) is 145 Å². The van der Waals surface area contributed by atoms with Crippen LogP contribution < -0.4 is 9.47 Å². The van der Waals surface area contributed by atoms with Gasteiger partial charge in [-0.3, -0.25) is 0 Å². The summed E-state index contributed by atoms with van der Waals surface area (Å²) in [6, 6.07) is 33.5. The van der Waals surface area contributed by atoms with Crippen LogP contribution in [0.5, 0.6) is 11.5 Å². The Kier molecular flexibility index (Phi) is 18.0. The van der Waals surface area contributed by atoms with Crippen molar-refractivity contribution >= 4 is 57.7 Å². The number of fused-ring (bicyclic) bond motifs is 2. The molecule has 3 N–H and O–H groups in total. The van der Waals surface area contributed by atoms with Crippen molar-refractivity contribution in [2.24, 2.45) is 9.98 Å². The van der Waals surface area contributed by atoms with E-state index < -0.39 is 23.2 Å².